The van der Waals surface area contributed by atoms with E-state index >= 15 is 0 Å². The molecule has 0 spiro atoms. The van der Waals surface area contributed by atoms with Gasteiger partial charge in [-0.3, -0.25) is 4.90 Å². The molecule has 1 N–H and O–H groups in total. The van der Waals surface area contributed by atoms with E-state index in [1.54, 1.807) is 6.07 Å². The van der Waals surface area contributed by atoms with Gasteiger partial charge < -0.3 is 5.32 Å². The summed E-state index contributed by atoms with van der Waals surface area (Å²) in [6.45, 7) is 2.66. The van der Waals surface area contributed by atoms with Gasteiger partial charge >= 0.3 is 0 Å². The fraction of sp³-hybridized carbons (Fsp3) is 0.625. The van der Waals surface area contributed by atoms with Crippen LogP contribution in [0, 0.1) is 12.7 Å². The highest BCUT2D eigenvalue weighted by Gasteiger charge is 2.34. The number of aryl methyl sites for hydroxylation is 1. The Labute approximate surface area is 127 Å². The largest absolute Gasteiger partial charge is 0.311 e. The summed E-state index contributed by atoms with van der Waals surface area (Å²) in [4.78, 5) is 2.40. The smallest absolute Gasteiger partial charge is 0.126 e. The molecule has 0 amide bonds. The predicted octanol–water partition coefficient (Wildman–Crippen LogP) is 3.27. The lowest BCUT2D eigenvalue weighted by Gasteiger charge is -2.35. The van der Waals surface area contributed by atoms with Gasteiger partial charge in [0.2, 0.25) is 0 Å². The number of benzene rings is 1. The van der Waals surface area contributed by atoms with Crippen molar-refractivity contribution in [2.75, 3.05) is 7.05 Å². The van der Waals surface area contributed by atoms with Crippen molar-refractivity contribution in [1.82, 2.24) is 10.2 Å². The zero-order valence-corrected chi connectivity index (χ0v) is 13.0. The van der Waals surface area contributed by atoms with Gasteiger partial charge in [0.25, 0.3) is 0 Å². The van der Waals surface area contributed by atoms with Crippen molar-refractivity contribution in [2.45, 2.75) is 57.3 Å². The number of nitrogens with one attached hydrogen (secondary N) is 1. The molecule has 1 aromatic carbocycles. The summed E-state index contributed by atoms with van der Waals surface area (Å²) < 4.78 is 13.6. The number of rotatable bonds is 3. The van der Waals surface area contributed by atoms with Crippen molar-refractivity contribution in [3.63, 3.8) is 0 Å². The Kier molecular flexibility index (Phi) is 5.05. The Morgan fingerprint density at radius 1 is 1.25 bits per heavy atom. The summed E-state index contributed by atoms with van der Waals surface area (Å²) >= 11 is 0. The lowest BCUT2D eigenvalue weighted by molar-refractivity contribution is 0.166. The van der Waals surface area contributed by atoms with E-state index in [0.717, 1.165) is 17.7 Å². The Balaban J connectivity index is 0.00000147. The van der Waals surface area contributed by atoms with Crippen molar-refractivity contribution >= 4 is 12.4 Å². The van der Waals surface area contributed by atoms with Crippen LogP contribution in [0.25, 0.3) is 0 Å². The first kappa shape index (κ1) is 15.7. The van der Waals surface area contributed by atoms with Crippen LogP contribution in [0.15, 0.2) is 18.2 Å². The minimum atomic E-state index is -0.0868. The summed E-state index contributed by atoms with van der Waals surface area (Å²) in [5, 5.41) is 3.67. The summed E-state index contributed by atoms with van der Waals surface area (Å²) in [6, 6.07) is 7.67. The highest BCUT2D eigenvalue weighted by atomic mass is 35.5. The van der Waals surface area contributed by atoms with Crippen LogP contribution >= 0.6 is 12.4 Å². The normalized spacial score (nSPS) is 28.5. The quantitative estimate of drug-likeness (QED) is 0.921. The van der Waals surface area contributed by atoms with Crippen molar-refractivity contribution < 1.29 is 4.39 Å². The molecule has 0 aliphatic carbocycles. The zero-order valence-electron chi connectivity index (χ0n) is 12.2. The molecule has 3 rings (SSSR count). The highest BCUT2D eigenvalue weighted by molar-refractivity contribution is 5.85. The topological polar surface area (TPSA) is 15.3 Å². The van der Waals surface area contributed by atoms with E-state index in [4.69, 9.17) is 0 Å². The van der Waals surface area contributed by atoms with E-state index < -0.39 is 0 Å². The summed E-state index contributed by atoms with van der Waals surface area (Å²) in [5.41, 5.74) is 1.81. The third kappa shape index (κ3) is 3.33. The average molecular weight is 299 g/mol. The fourth-order valence-electron chi connectivity index (χ4n) is 3.54. The second kappa shape index (κ2) is 6.42. The van der Waals surface area contributed by atoms with E-state index in [1.165, 1.54) is 25.7 Å². The van der Waals surface area contributed by atoms with Crippen LogP contribution in [0.4, 0.5) is 4.39 Å². The average Bonchev–Trinajstić information content (AvgIpc) is 2.72. The SMILES string of the molecule is Cc1ccc(CN(C)C2CC3CCC(C2)N3)cc1F.Cl. The molecule has 0 radical (unpaired) electrons. The molecule has 1 aromatic rings. The maximum atomic E-state index is 13.6. The van der Waals surface area contributed by atoms with Crippen LogP contribution in [-0.2, 0) is 6.54 Å². The van der Waals surface area contributed by atoms with Gasteiger partial charge in [-0.05, 0) is 56.8 Å². The van der Waals surface area contributed by atoms with Gasteiger partial charge in [-0.15, -0.1) is 12.4 Å². The van der Waals surface area contributed by atoms with E-state index in [0.29, 0.717) is 18.1 Å². The molecular formula is C16H24ClFN2. The minimum Gasteiger partial charge on any atom is -0.311 e. The third-order valence-electron chi connectivity index (χ3n) is 4.74. The second-order valence-electron chi connectivity index (χ2n) is 6.26. The first-order valence-corrected chi connectivity index (χ1v) is 7.33. The molecule has 112 valence electrons. The Morgan fingerprint density at radius 2 is 1.90 bits per heavy atom. The zero-order chi connectivity index (χ0) is 13.4. The van der Waals surface area contributed by atoms with E-state index in [2.05, 4.69) is 17.3 Å². The first-order valence-electron chi connectivity index (χ1n) is 7.33. The highest BCUT2D eigenvalue weighted by Crippen LogP contribution is 2.29. The van der Waals surface area contributed by atoms with Crippen molar-refractivity contribution in [3.8, 4) is 0 Å². The van der Waals surface area contributed by atoms with Crippen molar-refractivity contribution in [2.24, 2.45) is 0 Å². The van der Waals surface area contributed by atoms with Gasteiger partial charge in [0.15, 0.2) is 0 Å². The summed E-state index contributed by atoms with van der Waals surface area (Å²) in [7, 11) is 2.17. The Hall–Kier alpha value is -0.640. The third-order valence-corrected chi connectivity index (χ3v) is 4.74. The molecule has 2 heterocycles. The Morgan fingerprint density at radius 3 is 2.50 bits per heavy atom. The monoisotopic (exact) mass is 298 g/mol. The number of hydrogen-bond acceptors (Lipinski definition) is 2. The van der Waals surface area contributed by atoms with E-state index in [-0.39, 0.29) is 18.2 Å². The summed E-state index contributed by atoms with van der Waals surface area (Å²) in [6.07, 6.45) is 5.13. The van der Waals surface area contributed by atoms with Crippen molar-refractivity contribution in [1.29, 1.82) is 0 Å². The van der Waals surface area contributed by atoms with Crippen LogP contribution in [-0.4, -0.2) is 30.1 Å². The Bertz CT molecular complexity index is 454. The lowest BCUT2D eigenvalue weighted by Crippen LogP contribution is -2.46. The van der Waals surface area contributed by atoms with Gasteiger partial charge in [-0.2, -0.15) is 0 Å². The number of hydrogen-bond donors (Lipinski definition) is 1. The maximum absolute atomic E-state index is 13.6. The molecule has 0 saturated carbocycles. The molecule has 2 fully saturated rings. The van der Waals surface area contributed by atoms with Gasteiger partial charge in [-0.1, -0.05) is 12.1 Å². The standard InChI is InChI=1S/C16H23FN2.ClH/c1-11-3-4-12(7-16(11)17)10-19(2)15-8-13-5-6-14(9-15)18-13;/h3-4,7,13-15,18H,5-6,8-10H2,1-2H3;1H. The lowest BCUT2D eigenvalue weighted by atomic mass is 9.98. The molecular weight excluding hydrogens is 275 g/mol. The molecule has 20 heavy (non-hydrogen) atoms. The van der Waals surface area contributed by atoms with Gasteiger partial charge in [0.1, 0.15) is 5.82 Å². The van der Waals surface area contributed by atoms with Crippen LogP contribution in [0.5, 0.6) is 0 Å². The van der Waals surface area contributed by atoms with Crippen LogP contribution in [0.3, 0.4) is 0 Å². The van der Waals surface area contributed by atoms with Crippen LogP contribution < -0.4 is 5.32 Å². The molecule has 2 atom stereocenters. The van der Waals surface area contributed by atoms with E-state index in [9.17, 15) is 4.39 Å². The molecule has 2 aliphatic heterocycles. The minimum absolute atomic E-state index is 0. The summed E-state index contributed by atoms with van der Waals surface area (Å²) in [5.74, 6) is -0.0868. The van der Waals surface area contributed by atoms with Gasteiger partial charge in [0.05, 0.1) is 0 Å². The van der Waals surface area contributed by atoms with Crippen molar-refractivity contribution in [3.05, 3.63) is 35.1 Å². The fourth-order valence-corrected chi connectivity index (χ4v) is 3.54. The molecule has 0 aromatic heterocycles. The van der Waals surface area contributed by atoms with Crippen LogP contribution in [0.1, 0.15) is 36.8 Å². The van der Waals surface area contributed by atoms with Gasteiger partial charge in [0, 0.05) is 24.7 Å². The molecule has 4 heteroatoms. The number of fused-ring (bicyclic) bond motifs is 2. The molecule has 2 nitrogen and oxygen atoms in total. The molecule has 2 saturated heterocycles. The molecule has 2 bridgehead atoms. The van der Waals surface area contributed by atoms with Gasteiger partial charge in [-0.25, -0.2) is 4.39 Å². The number of halogens is 2. The second-order valence-corrected chi connectivity index (χ2v) is 6.26. The van der Waals surface area contributed by atoms with E-state index in [1.807, 2.05) is 19.1 Å². The maximum Gasteiger partial charge on any atom is 0.126 e. The number of piperidine rings is 1. The predicted molar refractivity (Wildman–Crippen MR) is 82.8 cm³/mol. The molecule has 2 unspecified atom stereocenters. The van der Waals surface area contributed by atoms with Crippen LogP contribution in [0.2, 0.25) is 0 Å². The number of nitrogens with zero attached hydrogens (tertiary/aromatic N) is 1. The first-order chi connectivity index (χ1) is 9.11. The molecule has 2 aliphatic rings.